The Hall–Kier alpha value is -4.60. The molecule has 0 aliphatic carbocycles. The quantitative estimate of drug-likeness (QED) is 0.287. The molecule has 186 valence electrons. The number of rotatable bonds is 8. The molecular weight excluding hydrogens is 468 g/mol. The molecule has 10 nitrogen and oxygen atoms in total. The van der Waals surface area contributed by atoms with Gasteiger partial charge in [0.05, 0.1) is 20.3 Å². The first-order chi connectivity index (χ1) is 17.3. The van der Waals surface area contributed by atoms with E-state index in [-0.39, 0.29) is 30.4 Å². The molecule has 0 spiro atoms. The third-order valence-electron chi connectivity index (χ3n) is 5.47. The third kappa shape index (κ3) is 4.92. The van der Waals surface area contributed by atoms with E-state index in [9.17, 15) is 19.2 Å². The van der Waals surface area contributed by atoms with Gasteiger partial charge in [-0.05, 0) is 48.9 Å². The molecule has 10 heteroatoms. The van der Waals surface area contributed by atoms with Crippen LogP contribution in [-0.2, 0) is 25.6 Å². The summed E-state index contributed by atoms with van der Waals surface area (Å²) in [5, 5.41) is 4.20. The van der Waals surface area contributed by atoms with Crippen LogP contribution in [-0.4, -0.2) is 48.6 Å². The van der Waals surface area contributed by atoms with Crippen LogP contribution in [0.5, 0.6) is 5.75 Å². The van der Waals surface area contributed by atoms with E-state index in [2.05, 4.69) is 10.1 Å². The van der Waals surface area contributed by atoms with Gasteiger partial charge in [0.1, 0.15) is 17.2 Å². The summed E-state index contributed by atoms with van der Waals surface area (Å²) in [7, 11) is 1.22. The number of imide groups is 1. The molecule has 1 N–H and O–H groups in total. The van der Waals surface area contributed by atoms with Gasteiger partial charge in [-0.25, -0.2) is 14.4 Å². The number of hydrogen-bond acceptors (Lipinski definition) is 8. The fourth-order valence-electron chi connectivity index (χ4n) is 3.71. The number of furan rings is 1. The van der Waals surface area contributed by atoms with Crippen molar-refractivity contribution in [3.05, 3.63) is 71.3 Å². The van der Waals surface area contributed by atoms with Crippen LogP contribution in [0.2, 0.25) is 0 Å². The Kier molecular flexibility index (Phi) is 7.05. The predicted octanol–water partition coefficient (Wildman–Crippen LogP) is 3.64. The molecule has 1 aromatic heterocycles. The second-order valence-electron chi connectivity index (χ2n) is 7.85. The van der Waals surface area contributed by atoms with Crippen molar-refractivity contribution >= 4 is 40.7 Å². The number of hydrogen-bond donors (Lipinski definition) is 1. The second-order valence-corrected chi connectivity index (χ2v) is 7.85. The van der Waals surface area contributed by atoms with Crippen LogP contribution in [0.1, 0.15) is 35.7 Å². The molecular formula is C26H24N2O8. The summed E-state index contributed by atoms with van der Waals surface area (Å²) in [5.74, 6) is -1.24. The lowest BCUT2D eigenvalue weighted by Gasteiger charge is -2.17. The average Bonchev–Trinajstić information content (AvgIpc) is 3.45. The predicted molar refractivity (Wildman–Crippen MR) is 128 cm³/mol. The zero-order valence-corrected chi connectivity index (χ0v) is 19.9. The van der Waals surface area contributed by atoms with E-state index in [1.807, 2.05) is 30.3 Å². The largest absolute Gasteiger partial charge is 0.478 e. The number of nitrogens with one attached hydrogen (secondary N) is 1. The van der Waals surface area contributed by atoms with Crippen molar-refractivity contribution in [1.29, 1.82) is 0 Å². The van der Waals surface area contributed by atoms with Crippen molar-refractivity contribution in [2.45, 2.75) is 26.5 Å². The van der Waals surface area contributed by atoms with Crippen molar-refractivity contribution in [1.82, 2.24) is 10.2 Å². The number of fused-ring (bicyclic) bond motifs is 1. The third-order valence-corrected chi connectivity index (χ3v) is 5.47. The number of benzene rings is 2. The lowest BCUT2D eigenvalue weighted by atomic mass is 10.0. The Labute approximate surface area is 206 Å². The van der Waals surface area contributed by atoms with Crippen LogP contribution in [0.25, 0.3) is 16.8 Å². The molecule has 1 aliphatic rings. The van der Waals surface area contributed by atoms with E-state index in [1.54, 1.807) is 19.9 Å². The van der Waals surface area contributed by atoms with Crippen LogP contribution >= 0.6 is 0 Å². The molecule has 2 heterocycles. The first-order valence-electron chi connectivity index (χ1n) is 11.2. The monoisotopic (exact) mass is 492 g/mol. The van der Waals surface area contributed by atoms with Crippen molar-refractivity contribution in [3.8, 4) is 5.75 Å². The molecule has 1 saturated heterocycles. The van der Waals surface area contributed by atoms with Crippen molar-refractivity contribution in [3.63, 3.8) is 0 Å². The van der Waals surface area contributed by atoms with Gasteiger partial charge in [0.2, 0.25) is 5.76 Å². The van der Waals surface area contributed by atoms with E-state index in [1.165, 1.54) is 25.3 Å². The Morgan fingerprint density at radius 3 is 2.64 bits per heavy atom. The van der Waals surface area contributed by atoms with E-state index in [0.717, 1.165) is 15.7 Å². The second kappa shape index (κ2) is 10.3. The minimum Gasteiger partial charge on any atom is -0.478 e. The Bertz CT molecular complexity index is 1370. The molecule has 3 aromatic rings. The number of amides is 3. The first-order valence-corrected chi connectivity index (χ1v) is 11.2. The highest BCUT2D eigenvalue weighted by Gasteiger charge is 2.35. The Morgan fingerprint density at radius 2 is 1.89 bits per heavy atom. The van der Waals surface area contributed by atoms with Crippen LogP contribution in [0.15, 0.2) is 58.6 Å². The van der Waals surface area contributed by atoms with E-state index < -0.39 is 30.0 Å². The molecule has 36 heavy (non-hydrogen) atoms. The Morgan fingerprint density at radius 1 is 1.11 bits per heavy atom. The van der Waals surface area contributed by atoms with Gasteiger partial charge in [0.15, 0.2) is 6.10 Å². The fourth-order valence-corrected chi connectivity index (χ4v) is 3.71. The minimum absolute atomic E-state index is 0.0183. The highest BCUT2D eigenvalue weighted by atomic mass is 16.6. The molecule has 0 bridgehead atoms. The smallest absolute Gasteiger partial charge is 0.373 e. The summed E-state index contributed by atoms with van der Waals surface area (Å²) in [6, 6.07) is 13.2. The topological polar surface area (TPSA) is 124 Å². The van der Waals surface area contributed by atoms with Gasteiger partial charge >= 0.3 is 18.0 Å². The van der Waals surface area contributed by atoms with Gasteiger partial charge in [-0.3, -0.25) is 9.69 Å². The van der Waals surface area contributed by atoms with Gasteiger partial charge < -0.3 is 23.9 Å². The first kappa shape index (κ1) is 24.5. The molecule has 4 rings (SSSR count). The summed E-state index contributed by atoms with van der Waals surface area (Å²) in [6.07, 6.45) is 0.620. The van der Waals surface area contributed by atoms with Gasteiger partial charge in [-0.2, -0.15) is 0 Å². The average molecular weight is 492 g/mol. The van der Waals surface area contributed by atoms with Crippen LogP contribution in [0.3, 0.4) is 0 Å². The van der Waals surface area contributed by atoms with Gasteiger partial charge in [0, 0.05) is 5.56 Å². The van der Waals surface area contributed by atoms with E-state index in [0.29, 0.717) is 11.3 Å². The number of urea groups is 1. The molecule has 2 aromatic carbocycles. The maximum atomic E-state index is 13.1. The highest BCUT2D eigenvalue weighted by Crippen LogP contribution is 2.32. The standard InChI is InChI=1S/C26H24N2O8/c1-4-34-24(30)15(2)35-21-11-9-16-7-5-6-8-18(16)19(21)13-20-23(29)28(26(32)27-20)14-17-10-12-22(36-17)25(31)33-3/h5-13,15H,4,14H2,1-3H3,(H,27,32)/b20-13-/t15-/m1/s1. The summed E-state index contributed by atoms with van der Waals surface area (Å²) < 4.78 is 20.9. The van der Waals surface area contributed by atoms with Crippen molar-refractivity contribution < 1.29 is 37.8 Å². The van der Waals surface area contributed by atoms with Gasteiger partial charge in [0.25, 0.3) is 5.91 Å². The summed E-state index contributed by atoms with van der Waals surface area (Å²) in [4.78, 5) is 50.4. The lowest BCUT2D eigenvalue weighted by Crippen LogP contribution is -2.30. The number of carbonyl (C=O) groups excluding carboxylic acids is 4. The number of ether oxygens (including phenoxy) is 3. The zero-order chi connectivity index (χ0) is 25.8. The zero-order valence-electron chi connectivity index (χ0n) is 19.9. The van der Waals surface area contributed by atoms with Gasteiger partial charge in [-0.1, -0.05) is 30.3 Å². The molecule has 0 unspecified atom stereocenters. The minimum atomic E-state index is -0.892. The van der Waals surface area contributed by atoms with Crippen LogP contribution in [0.4, 0.5) is 4.79 Å². The van der Waals surface area contributed by atoms with E-state index in [4.69, 9.17) is 13.9 Å². The van der Waals surface area contributed by atoms with Gasteiger partial charge in [-0.15, -0.1) is 0 Å². The summed E-state index contributed by atoms with van der Waals surface area (Å²) in [6.45, 7) is 3.31. The molecule has 1 atom stereocenters. The fraction of sp³-hybridized carbons (Fsp3) is 0.231. The van der Waals surface area contributed by atoms with Crippen LogP contribution < -0.4 is 10.1 Å². The summed E-state index contributed by atoms with van der Waals surface area (Å²) >= 11 is 0. The molecule has 0 saturated carbocycles. The maximum absolute atomic E-state index is 13.1. The number of esters is 2. The molecule has 3 amide bonds. The number of nitrogens with zero attached hydrogens (tertiary/aromatic N) is 1. The number of methoxy groups -OCH3 is 1. The van der Waals surface area contributed by atoms with Crippen LogP contribution in [0, 0.1) is 0 Å². The molecule has 1 aliphatic heterocycles. The lowest BCUT2D eigenvalue weighted by molar-refractivity contribution is -0.150. The summed E-state index contributed by atoms with van der Waals surface area (Å²) in [5.41, 5.74) is 0.533. The normalized spacial score (nSPS) is 15.2. The molecule has 0 radical (unpaired) electrons. The SMILES string of the molecule is CCOC(=O)[C@@H](C)Oc1ccc2ccccc2c1/C=C1\NC(=O)N(Cc2ccc(C(=O)OC)o2)C1=O. The highest BCUT2D eigenvalue weighted by molar-refractivity contribution is 6.14. The van der Waals surface area contributed by atoms with Crippen molar-refractivity contribution in [2.75, 3.05) is 13.7 Å². The van der Waals surface area contributed by atoms with Crippen molar-refractivity contribution in [2.24, 2.45) is 0 Å². The molecule has 1 fully saturated rings. The Balaban J connectivity index is 1.65. The maximum Gasteiger partial charge on any atom is 0.373 e. The van der Waals surface area contributed by atoms with E-state index >= 15 is 0 Å². The number of carbonyl (C=O) groups is 4.